The van der Waals surface area contributed by atoms with Gasteiger partial charge in [-0.3, -0.25) is 0 Å². The normalized spacial score (nSPS) is 11.0. The van der Waals surface area contributed by atoms with Gasteiger partial charge in [0.1, 0.15) is 11.6 Å². The van der Waals surface area contributed by atoms with E-state index >= 15 is 0 Å². The van der Waals surface area contributed by atoms with Crippen molar-refractivity contribution >= 4 is 23.0 Å². The van der Waals surface area contributed by atoms with E-state index in [2.05, 4.69) is 53.5 Å². The molecule has 0 saturated carbocycles. The highest BCUT2D eigenvalue weighted by molar-refractivity contribution is 7.12. The molecule has 5 nitrogen and oxygen atoms in total. The average Bonchev–Trinajstić information content (AvgIpc) is 3.27. The first kappa shape index (κ1) is 17.3. The minimum Gasteiger partial charge on any atom is -0.384 e. The van der Waals surface area contributed by atoms with Gasteiger partial charge in [-0.05, 0) is 36.8 Å². The van der Waals surface area contributed by atoms with Crippen LogP contribution >= 0.6 is 11.3 Å². The molecule has 1 aromatic carbocycles. The van der Waals surface area contributed by atoms with Gasteiger partial charge in [0.05, 0.1) is 11.3 Å². The first-order valence-electron chi connectivity index (χ1n) is 8.68. The number of aromatic nitrogens is 2. The molecular weight excluding hydrogens is 356 g/mol. The highest BCUT2D eigenvalue weighted by Crippen LogP contribution is 2.28. The Bertz CT molecular complexity index is 1070. The van der Waals surface area contributed by atoms with E-state index in [4.69, 9.17) is 16.0 Å². The fourth-order valence-electron chi connectivity index (χ4n) is 2.92. The maximum atomic E-state index is 5.92. The van der Waals surface area contributed by atoms with E-state index < -0.39 is 0 Å². The number of anilines is 2. The smallest absolute Gasteiger partial charge is 0.170 e. The second-order valence-electron chi connectivity index (χ2n) is 6.56. The average molecular weight is 376 g/mol. The molecular formula is C21H20N4OS. The van der Waals surface area contributed by atoms with E-state index in [0.29, 0.717) is 23.0 Å². The van der Waals surface area contributed by atoms with Crippen molar-refractivity contribution in [3.8, 4) is 11.3 Å². The summed E-state index contributed by atoms with van der Waals surface area (Å²) in [4.78, 5) is 6.65. The molecule has 136 valence electrons. The van der Waals surface area contributed by atoms with Gasteiger partial charge in [0.15, 0.2) is 5.76 Å². The fraction of sp³-hybridized carbons (Fsp3) is 0.143. The summed E-state index contributed by atoms with van der Waals surface area (Å²) >= 11 is 1.80. The van der Waals surface area contributed by atoms with Crippen LogP contribution in [0.15, 0.2) is 59.1 Å². The van der Waals surface area contributed by atoms with Crippen LogP contribution in [0.3, 0.4) is 0 Å². The second-order valence-corrected chi connectivity index (χ2v) is 7.81. The molecule has 27 heavy (non-hydrogen) atoms. The monoisotopic (exact) mass is 376 g/mol. The quantitative estimate of drug-likeness (QED) is 0.537. The molecule has 0 aliphatic heterocycles. The van der Waals surface area contributed by atoms with Crippen LogP contribution in [0, 0.1) is 6.92 Å². The number of aryl methyl sites for hydroxylation is 1. The Hall–Kier alpha value is -3.12. The lowest BCUT2D eigenvalue weighted by atomic mass is 10.1. The van der Waals surface area contributed by atoms with Crippen molar-refractivity contribution in [1.29, 1.82) is 0 Å². The summed E-state index contributed by atoms with van der Waals surface area (Å²) in [5.74, 6) is 1.33. The summed E-state index contributed by atoms with van der Waals surface area (Å²) in [5, 5.41) is 4.17. The predicted molar refractivity (Wildman–Crippen MR) is 110 cm³/mol. The molecule has 0 atom stereocenters. The summed E-state index contributed by atoms with van der Waals surface area (Å²) < 4.78 is 5.45. The van der Waals surface area contributed by atoms with Crippen LogP contribution in [-0.4, -0.2) is 10.1 Å². The van der Waals surface area contributed by atoms with Crippen molar-refractivity contribution in [1.82, 2.24) is 10.1 Å². The molecule has 4 rings (SSSR count). The molecule has 0 amide bonds. The molecule has 0 aliphatic carbocycles. The number of nitrogens with two attached hydrogens (primary N) is 2. The Morgan fingerprint density at radius 1 is 0.926 bits per heavy atom. The van der Waals surface area contributed by atoms with Gasteiger partial charge in [-0.1, -0.05) is 35.0 Å². The third-order valence-electron chi connectivity index (χ3n) is 4.34. The summed E-state index contributed by atoms with van der Waals surface area (Å²) in [6.45, 7) is 2.10. The van der Waals surface area contributed by atoms with Gasteiger partial charge in [-0.15, -0.1) is 11.3 Å². The molecule has 0 bridgehead atoms. The summed E-state index contributed by atoms with van der Waals surface area (Å²) in [5.41, 5.74) is 15.7. The Kier molecular flexibility index (Phi) is 4.64. The number of hydrogen-bond donors (Lipinski definition) is 2. The maximum absolute atomic E-state index is 5.92. The lowest BCUT2D eigenvalue weighted by Gasteiger charge is -2.00. The van der Waals surface area contributed by atoms with Crippen LogP contribution in [0.2, 0.25) is 0 Å². The van der Waals surface area contributed by atoms with Gasteiger partial charge in [0.25, 0.3) is 0 Å². The number of hydrogen-bond acceptors (Lipinski definition) is 6. The van der Waals surface area contributed by atoms with Crippen molar-refractivity contribution in [3.05, 3.63) is 81.2 Å². The van der Waals surface area contributed by atoms with E-state index in [1.807, 2.05) is 6.07 Å². The van der Waals surface area contributed by atoms with Crippen LogP contribution in [-0.2, 0) is 12.8 Å². The SMILES string of the molecule is Cc1ccc(Cc2ccc(Cc3cc(-c4ccc(N)nc4N)on3)s2)cc1. The third kappa shape index (κ3) is 4.01. The van der Waals surface area contributed by atoms with Crippen LogP contribution < -0.4 is 11.5 Å². The fourth-order valence-corrected chi connectivity index (χ4v) is 3.99. The van der Waals surface area contributed by atoms with Crippen molar-refractivity contribution in [2.45, 2.75) is 19.8 Å². The molecule has 4 aromatic rings. The van der Waals surface area contributed by atoms with Gasteiger partial charge in [0, 0.05) is 28.7 Å². The molecule has 0 unspecified atom stereocenters. The third-order valence-corrected chi connectivity index (χ3v) is 5.43. The van der Waals surface area contributed by atoms with Crippen LogP contribution in [0.1, 0.15) is 26.6 Å². The first-order valence-corrected chi connectivity index (χ1v) is 9.49. The lowest BCUT2D eigenvalue weighted by Crippen LogP contribution is -1.97. The highest BCUT2D eigenvalue weighted by Gasteiger charge is 2.12. The van der Waals surface area contributed by atoms with Gasteiger partial charge < -0.3 is 16.0 Å². The van der Waals surface area contributed by atoms with Gasteiger partial charge in [-0.25, -0.2) is 4.98 Å². The van der Waals surface area contributed by atoms with Crippen molar-refractivity contribution in [2.24, 2.45) is 0 Å². The summed E-state index contributed by atoms with van der Waals surface area (Å²) in [6, 6.07) is 18.4. The Labute approximate surface area is 161 Å². The Balaban J connectivity index is 1.46. The highest BCUT2D eigenvalue weighted by atomic mass is 32.1. The van der Waals surface area contributed by atoms with Crippen LogP contribution in [0.4, 0.5) is 11.6 Å². The minimum atomic E-state index is 0.342. The molecule has 3 aromatic heterocycles. The van der Waals surface area contributed by atoms with E-state index in [-0.39, 0.29) is 0 Å². The molecule has 6 heteroatoms. The van der Waals surface area contributed by atoms with Crippen LogP contribution in [0.25, 0.3) is 11.3 Å². The molecule has 4 N–H and O–H groups in total. The van der Waals surface area contributed by atoms with E-state index in [1.54, 1.807) is 23.5 Å². The standard InChI is InChI=1S/C21H20N4OS/c1-13-2-4-14(5-3-13)10-16-6-7-17(27-16)11-15-12-19(26-25-15)18-8-9-20(22)24-21(18)23/h2-9,12H,10-11H2,1H3,(H4,22,23,24). The number of benzene rings is 1. The van der Waals surface area contributed by atoms with Gasteiger partial charge >= 0.3 is 0 Å². The van der Waals surface area contributed by atoms with Crippen molar-refractivity contribution in [3.63, 3.8) is 0 Å². The Morgan fingerprint density at radius 2 is 1.67 bits per heavy atom. The number of nitrogen functional groups attached to an aromatic ring is 2. The molecule has 0 radical (unpaired) electrons. The predicted octanol–water partition coefficient (Wildman–Crippen LogP) is 4.45. The lowest BCUT2D eigenvalue weighted by molar-refractivity contribution is 0.425. The molecule has 0 fully saturated rings. The zero-order valence-electron chi connectivity index (χ0n) is 15.0. The molecule has 3 heterocycles. The topological polar surface area (TPSA) is 91.0 Å². The number of rotatable bonds is 5. The van der Waals surface area contributed by atoms with E-state index in [9.17, 15) is 0 Å². The molecule has 0 saturated heterocycles. The molecule has 0 aliphatic rings. The van der Waals surface area contributed by atoms with Crippen LogP contribution in [0.5, 0.6) is 0 Å². The molecule has 0 spiro atoms. The van der Waals surface area contributed by atoms with Crippen molar-refractivity contribution < 1.29 is 4.52 Å². The zero-order chi connectivity index (χ0) is 18.8. The van der Waals surface area contributed by atoms with Crippen molar-refractivity contribution in [2.75, 3.05) is 11.5 Å². The maximum Gasteiger partial charge on any atom is 0.170 e. The van der Waals surface area contributed by atoms with E-state index in [0.717, 1.165) is 18.5 Å². The minimum absolute atomic E-state index is 0.342. The second kappa shape index (κ2) is 7.25. The number of pyridine rings is 1. The Morgan fingerprint density at radius 3 is 2.41 bits per heavy atom. The summed E-state index contributed by atoms with van der Waals surface area (Å²) in [6.07, 6.45) is 1.67. The van der Waals surface area contributed by atoms with E-state index in [1.165, 1.54) is 20.9 Å². The number of nitrogens with zero attached hydrogens (tertiary/aromatic N) is 2. The van der Waals surface area contributed by atoms with Gasteiger partial charge in [0.2, 0.25) is 0 Å². The number of thiophene rings is 1. The largest absolute Gasteiger partial charge is 0.384 e. The first-order chi connectivity index (χ1) is 13.1. The summed E-state index contributed by atoms with van der Waals surface area (Å²) in [7, 11) is 0. The van der Waals surface area contributed by atoms with Gasteiger partial charge in [-0.2, -0.15) is 0 Å². The zero-order valence-corrected chi connectivity index (χ0v) is 15.8.